The number of hydrazone groups is 1. The number of hydrogen-bond donors (Lipinski definition) is 0. The molecule has 1 aliphatic heterocycles. The number of hydrogen-bond acceptors (Lipinski definition) is 5. The van der Waals surface area contributed by atoms with Crippen molar-refractivity contribution in [3.8, 4) is 0 Å². The van der Waals surface area contributed by atoms with Crippen LogP contribution < -0.4 is 5.01 Å². The van der Waals surface area contributed by atoms with Gasteiger partial charge in [0.25, 0.3) is 0 Å². The van der Waals surface area contributed by atoms with Crippen molar-refractivity contribution in [3.63, 3.8) is 0 Å². The molecule has 0 unspecified atom stereocenters. The minimum atomic E-state index is -0.290. The molecule has 6 heteroatoms. The molecule has 3 atom stereocenters. The van der Waals surface area contributed by atoms with E-state index in [2.05, 4.69) is 37.9 Å². The topological polar surface area (TPSA) is 41.9 Å². The summed E-state index contributed by atoms with van der Waals surface area (Å²) in [6.45, 7) is 9.52. The molecule has 1 spiro atoms. The van der Waals surface area contributed by atoms with Crippen LogP contribution >= 0.6 is 23.4 Å². The van der Waals surface area contributed by atoms with E-state index in [1.165, 1.54) is 12.8 Å². The largest absolute Gasteiger partial charge is 0.462 e. The van der Waals surface area contributed by atoms with Crippen LogP contribution in [0.15, 0.2) is 53.6 Å². The lowest BCUT2D eigenvalue weighted by Crippen LogP contribution is -2.53. The van der Waals surface area contributed by atoms with Gasteiger partial charge in [0.05, 0.1) is 17.9 Å². The normalized spacial score (nSPS) is 30.1. The molecule has 1 heterocycles. The second-order valence-electron chi connectivity index (χ2n) is 9.87. The van der Waals surface area contributed by atoms with E-state index < -0.39 is 0 Å². The Kier molecular flexibility index (Phi) is 5.14. The maximum absolute atomic E-state index is 12.1. The first-order chi connectivity index (χ1) is 15.2. The molecule has 0 aromatic heterocycles. The number of thioether (sulfide) groups is 1. The first-order valence-corrected chi connectivity index (χ1v) is 12.5. The highest BCUT2D eigenvalue weighted by Crippen LogP contribution is 2.75. The Bertz CT molecular complexity index is 1080. The summed E-state index contributed by atoms with van der Waals surface area (Å²) in [5, 5.41) is 9.18. The van der Waals surface area contributed by atoms with Gasteiger partial charge in [-0.05, 0) is 73.9 Å². The highest BCUT2D eigenvalue weighted by atomic mass is 35.5. The van der Waals surface area contributed by atoms with E-state index in [1.54, 1.807) is 0 Å². The first-order valence-electron chi connectivity index (χ1n) is 11.3. The zero-order valence-corrected chi connectivity index (χ0v) is 20.6. The van der Waals surface area contributed by atoms with Crippen LogP contribution in [0.2, 0.25) is 5.02 Å². The lowest BCUT2D eigenvalue weighted by molar-refractivity contribution is 0.0526. The molecule has 2 aromatic carbocycles. The summed E-state index contributed by atoms with van der Waals surface area (Å²) < 4.78 is 5.13. The first kappa shape index (κ1) is 21.8. The molecule has 0 N–H and O–H groups in total. The number of esters is 1. The van der Waals surface area contributed by atoms with Crippen LogP contribution in [-0.4, -0.2) is 22.5 Å². The fourth-order valence-corrected chi connectivity index (χ4v) is 7.94. The number of anilines is 1. The van der Waals surface area contributed by atoms with Gasteiger partial charge in [-0.25, -0.2) is 9.80 Å². The molecule has 32 heavy (non-hydrogen) atoms. The average molecular weight is 469 g/mol. The quantitative estimate of drug-likeness (QED) is 0.454. The van der Waals surface area contributed by atoms with Crippen molar-refractivity contribution in [3.05, 3.63) is 64.7 Å². The van der Waals surface area contributed by atoms with Crippen LogP contribution in [0.5, 0.6) is 0 Å². The third-order valence-electron chi connectivity index (χ3n) is 8.33. The molecule has 2 aromatic rings. The summed E-state index contributed by atoms with van der Waals surface area (Å²) in [5.41, 5.74) is 3.03. The van der Waals surface area contributed by atoms with Gasteiger partial charge in [0.1, 0.15) is 9.91 Å². The summed E-state index contributed by atoms with van der Waals surface area (Å²) in [4.78, 5) is 11.9. The fourth-order valence-electron chi connectivity index (χ4n) is 6.01. The van der Waals surface area contributed by atoms with Gasteiger partial charge < -0.3 is 4.74 Å². The second-order valence-corrected chi connectivity index (χ2v) is 11.6. The number of carbonyl (C=O) groups excluding carboxylic acids is 1. The molecular weight excluding hydrogens is 440 g/mol. The van der Waals surface area contributed by atoms with Gasteiger partial charge in [0.2, 0.25) is 0 Å². The second kappa shape index (κ2) is 7.53. The molecule has 3 aliphatic rings. The monoisotopic (exact) mass is 468 g/mol. The van der Waals surface area contributed by atoms with E-state index >= 15 is 0 Å². The maximum Gasteiger partial charge on any atom is 0.338 e. The number of fused-ring (bicyclic) bond motifs is 3. The molecule has 0 radical (unpaired) electrons. The Balaban J connectivity index is 1.56. The van der Waals surface area contributed by atoms with Gasteiger partial charge in [-0.2, -0.15) is 5.10 Å². The Morgan fingerprint density at radius 3 is 2.41 bits per heavy atom. The van der Waals surface area contributed by atoms with Crippen molar-refractivity contribution in [1.29, 1.82) is 0 Å². The van der Waals surface area contributed by atoms with Crippen molar-refractivity contribution in [2.75, 3.05) is 11.6 Å². The third-order valence-corrected chi connectivity index (χ3v) is 10.2. The minimum Gasteiger partial charge on any atom is -0.462 e. The van der Waals surface area contributed by atoms with Crippen LogP contribution in [0.25, 0.3) is 0 Å². The third kappa shape index (κ3) is 2.97. The Hall–Kier alpha value is -1.98. The minimum absolute atomic E-state index is 0.116. The van der Waals surface area contributed by atoms with Gasteiger partial charge >= 0.3 is 5.97 Å². The molecule has 0 saturated heterocycles. The van der Waals surface area contributed by atoms with E-state index in [0.29, 0.717) is 18.1 Å². The zero-order chi connectivity index (χ0) is 22.7. The predicted molar refractivity (Wildman–Crippen MR) is 132 cm³/mol. The molecule has 2 bridgehead atoms. The van der Waals surface area contributed by atoms with Crippen LogP contribution in [0.1, 0.15) is 62.9 Å². The standard InChI is InChI=1S/C26H29ClN2O2S/c1-5-31-23(30)18-8-6-17(7-9-18)22-28-29(21-12-10-20(27)11-13-21)26(32-22)16-19-14-15-25(26,4)24(19,2)3/h6-13,19H,5,14-16H2,1-4H3/t19-,25+,26-/m0/s1. The molecule has 5 rings (SSSR count). The Labute approximate surface area is 199 Å². The number of ether oxygens (including phenoxy) is 1. The van der Waals surface area contributed by atoms with E-state index in [4.69, 9.17) is 21.4 Å². The van der Waals surface area contributed by atoms with E-state index in [0.717, 1.165) is 27.7 Å². The number of benzene rings is 2. The number of rotatable bonds is 4. The van der Waals surface area contributed by atoms with Crippen LogP contribution in [0, 0.1) is 16.7 Å². The lowest BCUT2D eigenvalue weighted by Gasteiger charge is -2.49. The highest BCUT2D eigenvalue weighted by Gasteiger charge is 2.73. The van der Waals surface area contributed by atoms with Crippen molar-refractivity contribution >= 4 is 40.1 Å². The van der Waals surface area contributed by atoms with Gasteiger partial charge in [0, 0.05) is 16.0 Å². The van der Waals surface area contributed by atoms with Crippen molar-refractivity contribution in [2.24, 2.45) is 21.8 Å². The average Bonchev–Trinajstić information content (AvgIpc) is 3.32. The summed E-state index contributed by atoms with van der Waals surface area (Å²) in [7, 11) is 0. The Morgan fingerprint density at radius 1 is 1.16 bits per heavy atom. The van der Waals surface area contributed by atoms with Gasteiger partial charge in [-0.1, -0.05) is 56.3 Å². The molecule has 2 aliphatic carbocycles. The summed E-state index contributed by atoms with van der Waals surface area (Å²) in [5.74, 6) is 0.386. The van der Waals surface area contributed by atoms with E-state index in [9.17, 15) is 4.79 Å². The maximum atomic E-state index is 12.1. The smallest absolute Gasteiger partial charge is 0.338 e. The SMILES string of the molecule is CCOC(=O)c1ccc(C2=NN(c3ccc(Cl)cc3)[C@@]3(C[C@@H]4CC[C@]3(C)C4(C)C)S2)cc1. The molecule has 2 fully saturated rings. The molecule has 4 nitrogen and oxygen atoms in total. The van der Waals surface area contributed by atoms with Gasteiger partial charge in [0.15, 0.2) is 0 Å². The fraction of sp³-hybridized carbons (Fsp3) is 0.462. The number of halogens is 1. The molecular formula is C26H29ClN2O2S. The van der Waals surface area contributed by atoms with Crippen molar-refractivity contribution in [2.45, 2.75) is 51.8 Å². The molecule has 2 saturated carbocycles. The summed E-state index contributed by atoms with van der Waals surface area (Å²) in [6.07, 6.45) is 3.59. The van der Waals surface area contributed by atoms with Crippen LogP contribution in [-0.2, 0) is 4.74 Å². The number of carbonyl (C=O) groups is 1. The van der Waals surface area contributed by atoms with Gasteiger partial charge in [-0.3, -0.25) is 0 Å². The van der Waals surface area contributed by atoms with Gasteiger partial charge in [-0.15, -0.1) is 0 Å². The van der Waals surface area contributed by atoms with E-state index in [1.807, 2.05) is 55.1 Å². The lowest BCUT2D eigenvalue weighted by atomic mass is 9.68. The summed E-state index contributed by atoms with van der Waals surface area (Å²) >= 11 is 8.09. The Morgan fingerprint density at radius 2 is 1.84 bits per heavy atom. The predicted octanol–water partition coefficient (Wildman–Crippen LogP) is 6.97. The summed E-state index contributed by atoms with van der Waals surface area (Å²) in [6, 6.07) is 15.7. The molecule has 168 valence electrons. The van der Waals surface area contributed by atoms with Crippen molar-refractivity contribution < 1.29 is 9.53 Å². The van der Waals surface area contributed by atoms with Crippen LogP contribution in [0.4, 0.5) is 5.69 Å². The van der Waals surface area contributed by atoms with Crippen molar-refractivity contribution in [1.82, 2.24) is 0 Å². The highest BCUT2D eigenvalue weighted by molar-refractivity contribution is 8.16. The zero-order valence-electron chi connectivity index (χ0n) is 19.0. The number of nitrogens with zero attached hydrogens (tertiary/aromatic N) is 2. The van der Waals surface area contributed by atoms with Crippen LogP contribution in [0.3, 0.4) is 0 Å². The molecule has 0 amide bonds. The van der Waals surface area contributed by atoms with E-state index in [-0.39, 0.29) is 21.7 Å².